The molecule has 3 N–H and O–H groups in total. The normalized spacial score (nSPS) is 12.3. The quantitative estimate of drug-likeness (QED) is 0.631. The van der Waals surface area contributed by atoms with Crippen molar-refractivity contribution in [3.05, 3.63) is 0 Å². The third kappa shape index (κ3) is 8.21. The second-order valence-electron chi connectivity index (χ2n) is 2.08. The molecule has 0 aliphatic rings. The first kappa shape index (κ1) is 11.9. The summed E-state index contributed by atoms with van der Waals surface area (Å²) in [7, 11) is 0. The second-order valence-corrected chi connectivity index (χ2v) is 2.08. The van der Waals surface area contributed by atoms with Gasteiger partial charge in [-0.2, -0.15) is 0 Å². The average Bonchev–Trinajstić information content (AvgIpc) is 1.83. The van der Waals surface area contributed by atoms with Crippen LogP contribution in [0.15, 0.2) is 0 Å². The van der Waals surface area contributed by atoms with Crippen molar-refractivity contribution < 1.29 is 5.11 Å². The fraction of sp³-hybridized carbons (Fsp3) is 1.00. The number of aliphatic hydroxyl groups excluding tert-OH is 1. The lowest BCUT2D eigenvalue weighted by Gasteiger charge is -2.04. The molecule has 9 heavy (non-hydrogen) atoms. The summed E-state index contributed by atoms with van der Waals surface area (Å²) in [4.78, 5) is 0. The fourth-order valence-electron chi connectivity index (χ4n) is 0.558. The summed E-state index contributed by atoms with van der Waals surface area (Å²) in [5.41, 5.74) is 5.41. The fourth-order valence-corrected chi connectivity index (χ4v) is 0.558. The van der Waals surface area contributed by atoms with Gasteiger partial charge in [0.2, 0.25) is 0 Å². The molecule has 58 valence electrons. The summed E-state index contributed by atoms with van der Waals surface area (Å²) in [5.74, 6) is 0. The molecule has 0 radical (unpaired) electrons. The van der Waals surface area contributed by atoms with Gasteiger partial charge < -0.3 is 10.8 Å². The van der Waals surface area contributed by atoms with Gasteiger partial charge in [0.15, 0.2) is 0 Å². The zero-order valence-corrected chi connectivity index (χ0v) is 6.66. The average molecular weight is 154 g/mol. The highest BCUT2D eigenvalue weighted by Crippen LogP contribution is 1.95. The molecule has 0 aromatic heterocycles. The monoisotopic (exact) mass is 153 g/mol. The second kappa shape index (κ2) is 8.21. The Morgan fingerprint density at radius 1 is 1.56 bits per heavy atom. The van der Waals surface area contributed by atoms with Crippen LogP contribution in [-0.2, 0) is 0 Å². The first-order valence-electron chi connectivity index (χ1n) is 3.17. The van der Waals surface area contributed by atoms with E-state index in [1.165, 1.54) is 0 Å². The van der Waals surface area contributed by atoms with Crippen LogP contribution in [0.25, 0.3) is 0 Å². The van der Waals surface area contributed by atoms with E-state index >= 15 is 0 Å². The van der Waals surface area contributed by atoms with Gasteiger partial charge in [0, 0.05) is 6.04 Å². The third-order valence-corrected chi connectivity index (χ3v) is 1.16. The van der Waals surface area contributed by atoms with Gasteiger partial charge in [0.1, 0.15) is 0 Å². The van der Waals surface area contributed by atoms with Gasteiger partial charge in [-0.3, -0.25) is 0 Å². The molecule has 0 aliphatic carbocycles. The summed E-state index contributed by atoms with van der Waals surface area (Å²) in [6.45, 7) is 2.24. The van der Waals surface area contributed by atoms with Crippen LogP contribution in [0.2, 0.25) is 0 Å². The lowest BCUT2D eigenvalue weighted by atomic mass is 10.1. The number of nitrogens with two attached hydrogens (primary N) is 1. The Hall–Kier alpha value is 0.210. The van der Waals surface area contributed by atoms with E-state index in [1.807, 2.05) is 0 Å². The number of rotatable bonds is 4. The molecule has 0 fully saturated rings. The van der Waals surface area contributed by atoms with Gasteiger partial charge in [-0.1, -0.05) is 19.8 Å². The number of hydrogen-bond donors (Lipinski definition) is 2. The maximum atomic E-state index is 8.44. The van der Waals surface area contributed by atoms with Crippen LogP contribution in [-0.4, -0.2) is 17.8 Å². The predicted molar refractivity (Wildman–Crippen MR) is 41.8 cm³/mol. The Morgan fingerprint density at radius 3 is 2.44 bits per heavy atom. The van der Waals surface area contributed by atoms with Crippen LogP contribution in [0.3, 0.4) is 0 Å². The summed E-state index contributed by atoms with van der Waals surface area (Å²) in [6.07, 6.45) is 3.24. The van der Waals surface area contributed by atoms with Crippen molar-refractivity contribution in [1.82, 2.24) is 0 Å². The van der Waals surface area contributed by atoms with E-state index in [0.717, 1.165) is 19.3 Å². The highest BCUT2D eigenvalue weighted by Gasteiger charge is 1.96. The van der Waals surface area contributed by atoms with Crippen molar-refractivity contribution in [2.24, 2.45) is 5.73 Å². The molecule has 0 aromatic carbocycles. The Morgan fingerprint density at radius 2 is 2.11 bits per heavy atom. The Balaban J connectivity index is 0. The third-order valence-electron chi connectivity index (χ3n) is 1.16. The predicted octanol–water partition coefficient (Wildman–Crippen LogP) is 0.918. The topological polar surface area (TPSA) is 46.2 Å². The van der Waals surface area contributed by atoms with Crippen molar-refractivity contribution in [2.45, 2.75) is 32.2 Å². The number of hydrogen-bond acceptors (Lipinski definition) is 2. The van der Waals surface area contributed by atoms with E-state index in [2.05, 4.69) is 6.92 Å². The van der Waals surface area contributed by atoms with Crippen LogP contribution >= 0.6 is 12.4 Å². The van der Waals surface area contributed by atoms with Crippen molar-refractivity contribution in [2.75, 3.05) is 6.61 Å². The molecular weight excluding hydrogens is 138 g/mol. The highest BCUT2D eigenvalue weighted by atomic mass is 35.5. The van der Waals surface area contributed by atoms with Crippen molar-refractivity contribution in [3.63, 3.8) is 0 Å². The maximum Gasteiger partial charge on any atom is 0.0582 e. The molecule has 0 aliphatic heterocycles. The number of aliphatic hydroxyl groups is 1. The van der Waals surface area contributed by atoms with E-state index in [9.17, 15) is 0 Å². The zero-order chi connectivity index (χ0) is 6.41. The molecule has 0 aromatic rings. The molecule has 1 unspecified atom stereocenters. The van der Waals surface area contributed by atoms with Gasteiger partial charge in [-0.15, -0.1) is 12.4 Å². The lowest BCUT2D eigenvalue weighted by molar-refractivity contribution is 0.258. The van der Waals surface area contributed by atoms with Gasteiger partial charge in [-0.05, 0) is 6.42 Å². The van der Waals surface area contributed by atoms with E-state index < -0.39 is 0 Å². The van der Waals surface area contributed by atoms with Crippen LogP contribution in [0.5, 0.6) is 0 Å². The molecule has 1 atom stereocenters. The van der Waals surface area contributed by atoms with Gasteiger partial charge in [0.25, 0.3) is 0 Å². The molecule has 0 rings (SSSR count). The maximum absolute atomic E-state index is 8.44. The summed E-state index contributed by atoms with van der Waals surface area (Å²) in [6, 6.07) is 0.00921. The minimum Gasteiger partial charge on any atom is -0.395 e. The van der Waals surface area contributed by atoms with Crippen molar-refractivity contribution >= 4 is 12.4 Å². The summed E-state index contributed by atoms with van der Waals surface area (Å²) >= 11 is 0. The van der Waals surface area contributed by atoms with Crippen molar-refractivity contribution in [3.8, 4) is 0 Å². The minimum atomic E-state index is 0. The molecule has 0 saturated heterocycles. The van der Waals surface area contributed by atoms with E-state index in [4.69, 9.17) is 10.8 Å². The first-order valence-corrected chi connectivity index (χ1v) is 3.17. The van der Waals surface area contributed by atoms with Crippen LogP contribution in [0.4, 0.5) is 0 Å². The minimum absolute atomic E-state index is 0. The standard InChI is InChI=1S/C6H15NO.ClH/c1-2-3-4-6(7)5-8;/h6,8H,2-5,7H2,1H3;1H. The van der Waals surface area contributed by atoms with Gasteiger partial charge in [-0.25, -0.2) is 0 Å². The molecule has 2 nitrogen and oxygen atoms in total. The summed E-state index contributed by atoms with van der Waals surface area (Å²) < 4.78 is 0. The van der Waals surface area contributed by atoms with Crippen LogP contribution < -0.4 is 5.73 Å². The highest BCUT2D eigenvalue weighted by molar-refractivity contribution is 5.85. The largest absolute Gasteiger partial charge is 0.395 e. The van der Waals surface area contributed by atoms with Crippen LogP contribution in [0.1, 0.15) is 26.2 Å². The zero-order valence-electron chi connectivity index (χ0n) is 5.84. The Bertz CT molecular complexity index is 52.3. The first-order chi connectivity index (χ1) is 3.81. The number of halogens is 1. The SMILES string of the molecule is CCCCC(N)CO.Cl. The lowest BCUT2D eigenvalue weighted by Crippen LogP contribution is -2.23. The van der Waals surface area contributed by atoms with Crippen molar-refractivity contribution in [1.29, 1.82) is 0 Å². The van der Waals surface area contributed by atoms with E-state index in [1.54, 1.807) is 0 Å². The molecular formula is C6H16ClNO. The molecule has 0 amide bonds. The molecule has 0 saturated carbocycles. The smallest absolute Gasteiger partial charge is 0.0582 e. The molecule has 0 heterocycles. The Kier molecular flexibility index (Phi) is 10.9. The van der Waals surface area contributed by atoms with E-state index in [-0.39, 0.29) is 25.1 Å². The van der Waals surface area contributed by atoms with Gasteiger partial charge >= 0.3 is 0 Å². The van der Waals surface area contributed by atoms with E-state index in [0.29, 0.717) is 0 Å². The number of unbranched alkanes of at least 4 members (excludes halogenated alkanes) is 1. The summed E-state index contributed by atoms with van der Waals surface area (Å²) in [5, 5.41) is 8.44. The molecule has 0 bridgehead atoms. The molecule has 3 heteroatoms. The Labute approximate surface area is 62.9 Å². The van der Waals surface area contributed by atoms with Gasteiger partial charge in [0.05, 0.1) is 6.61 Å². The van der Waals surface area contributed by atoms with Crippen LogP contribution in [0, 0.1) is 0 Å². The molecule has 0 spiro atoms.